The minimum Gasteiger partial charge on any atom is -0.381 e. The van der Waals surface area contributed by atoms with E-state index in [2.05, 4.69) is 44.0 Å². The van der Waals surface area contributed by atoms with Crippen LogP contribution in [0.1, 0.15) is 73.7 Å². The van der Waals surface area contributed by atoms with Gasteiger partial charge in [-0.25, -0.2) is 4.98 Å². The fraction of sp³-hybridized carbons (Fsp3) is 0.483. The molecule has 2 N–H and O–H groups in total. The molecule has 1 aliphatic heterocycles. The number of carbonyl (C=O) groups is 2. The first-order valence-corrected chi connectivity index (χ1v) is 13.4. The van der Waals surface area contributed by atoms with E-state index in [9.17, 15) is 9.59 Å². The average molecular weight is 516 g/mol. The molecule has 1 aromatic carbocycles. The Kier molecular flexibility index (Phi) is 6.26. The van der Waals surface area contributed by atoms with Crippen LogP contribution >= 0.6 is 0 Å². The van der Waals surface area contributed by atoms with Crippen molar-refractivity contribution in [3.63, 3.8) is 0 Å². The summed E-state index contributed by atoms with van der Waals surface area (Å²) in [6.45, 7) is 7.29. The van der Waals surface area contributed by atoms with Gasteiger partial charge in [0.1, 0.15) is 5.82 Å². The van der Waals surface area contributed by atoms with Crippen LogP contribution in [0.25, 0.3) is 11.1 Å². The number of hydrogen-bond donors (Lipinski definition) is 2. The molecule has 0 spiro atoms. The number of nitrogens with one attached hydrogen (secondary N) is 2. The van der Waals surface area contributed by atoms with Crippen LogP contribution in [-0.2, 0) is 21.4 Å². The van der Waals surface area contributed by atoms with Gasteiger partial charge in [-0.2, -0.15) is 4.98 Å². The molecule has 2 amide bonds. The largest absolute Gasteiger partial charge is 0.381 e. The van der Waals surface area contributed by atoms with Crippen molar-refractivity contribution in [1.29, 1.82) is 0 Å². The molecule has 6 rings (SSSR count). The summed E-state index contributed by atoms with van der Waals surface area (Å²) in [5.41, 5.74) is 4.06. The summed E-state index contributed by atoms with van der Waals surface area (Å²) >= 11 is 0. The fourth-order valence-electron chi connectivity index (χ4n) is 5.67. The molecule has 9 nitrogen and oxygen atoms in total. The zero-order valence-corrected chi connectivity index (χ0v) is 22.0. The molecule has 9 heteroatoms. The lowest BCUT2D eigenvalue weighted by atomic mass is 9.94. The second-order valence-corrected chi connectivity index (χ2v) is 11.7. The zero-order chi connectivity index (χ0) is 26.4. The molecule has 1 saturated heterocycles. The molecule has 2 aromatic heterocycles. The standard InChI is InChI=1S/C29H33N5O4/c1-29(2,3)28-33-27(38-34-28)26(36)31-22-7-5-4-6-18-12-16(8-9-19(18)22)17-10-11-30-23(13-17)32-25(35)24-20-14-37-15-21(20)24/h8-13,20-22,24H,4-7,14-15H2,1-3H3,(H,31,36)(H,30,32,35)/t20-,21-,22?/m0/s1. The topological polar surface area (TPSA) is 119 Å². The first-order chi connectivity index (χ1) is 18.3. The second-order valence-electron chi connectivity index (χ2n) is 11.7. The third-order valence-electron chi connectivity index (χ3n) is 7.90. The van der Waals surface area contributed by atoms with Gasteiger partial charge in [0.15, 0.2) is 5.82 Å². The van der Waals surface area contributed by atoms with Crippen LogP contribution in [0.5, 0.6) is 0 Å². The number of amides is 2. The Balaban J connectivity index is 1.18. The van der Waals surface area contributed by atoms with E-state index in [1.165, 1.54) is 5.56 Å². The van der Waals surface area contributed by atoms with Crippen LogP contribution in [0.15, 0.2) is 41.1 Å². The minimum absolute atomic E-state index is 0.00828. The number of aromatic nitrogens is 3. The highest BCUT2D eigenvalue weighted by atomic mass is 16.5. The number of pyridine rings is 1. The number of anilines is 1. The molecular weight excluding hydrogens is 482 g/mol. The van der Waals surface area contributed by atoms with Gasteiger partial charge in [-0.1, -0.05) is 50.5 Å². The first kappa shape index (κ1) is 24.7. The van der Waals surface area contributed by atoms with E-state index in [1.807, 2.05) is 32.9 Å². The van der Waals surface area contributed by atoms with E-state index >= 15 is 0 Å². The lowest BCUT2D eigenvalue weighted by molar-refractivity contribution is -0.118. The molecule has 3 heterocycles. The zero-order valence-electron chi connectivity index (χ0n) is 22.0. The molecule has 2 fully saturated rings. The summed E-state index contributed by atoms with van der Waals surface area (Å²) in [7, 11) is 0. The van der Waals surface area contributed by atoms with E-state index in [4.69, 9.17) is 9.26 Å². The molecule has 0 bridgehead atoms. The molecule has 3 atom stereocenters. The maximum atomic E-state index is 12.9. The van der Waals surface area contributed by atoms with Crippen molar-refractivity contribution in [2.75, 3.05) is 18.5 Å². The highest BCUT2D eigenvalue weighted by Gasteiger charge is 2.58. The van der Waals surface area contributed by atoms with Gasteiger partial charge in [0.2, 0.25) is 5.91 Å². The number of nitrogens with zero attached hydrogens (tertiary/aromatic N) is 3. The third-order valence-corrected chi connectivity index (χ3v) is 7.90. The molecule has 1 saturated carbocycles. The number of rotatable bonds is 5. The Morgan fingerprint density at radius 2 is 1.82 bits per heavy atom. The summed E-state index contributed by atoms with van der Waals surface area (Å²) in [4.78, 5) is 34.3. The van der Waals surface area contributed by atoms with Crippen molar-refractivity contribution >= 4 is 17.6 Å². The van der Waals surface area contributed by atoms with Crippen LogP contribution in [0.3, 0.4) is 0 Å². The van der Waals surface area contributed by atoms with Gasteiger partial charge < -0.3 is 19.9 Å². The Morgan fingerprint density at radius 1 is 1.03 bits per heavy atom. The summed E-state index contributed by atoms with van der Waals surface area (Å²) in [5, 5.41) is 10.1. The van der Waals surface area contributed by atoms with E-state index in [1.54, 1.807) is 6.20 Å². The minimum atomic E-state index is -0.351. The Hall–Kier alpha value is -3.59. The average Bonchev–Trinajstić information content (AvgIpc) is 3.19. The van der Waals surface area contributed by atoms with Crippen LogP contribution < -0.4 is 10.6 Å². The molecule has 3 aliphatic rings. The van der Waals surface area contributed by atoms with E-state index < -0.39 is 0 Å². The highest BCUT2D eigenvalue weighted by Crippen LogP contribution is 2.51. The smallest absolute Gasteiger partial charge is 0.315 e. The molecule has 0 radical (unpaired) electrons. The van der Waals surface area contributed by atoms with Crippen LogP contribution in [-0.4, -0.2) is 40.2 Å². The van der Waals surface area contributed by atoms with Crippen LogP contribution in [0.4, 0.5) is 5.82 Å². The fourth-order valence-corrected chi connectivity index (χ4v) is 5.67. The van der Waals surface area contributed by atoms with Crippen molar-refractivity contribution in [3.05, 3.63) is 59.4 Å². The molecule has 198 valence electrons. The van der Waals surface area contributed by atoms with Crippen LogP contribution in [0.2, 0.25) is 0 Å². The second kappa shape index (κ2) is 9.62. The van der Waals surface area contributed by atoms with Gasteiger partial charge in [0.25, 0.3) is 0 Å². The first-order valence-electron chi connectivity index (χ1n) is 13.4. The monoisotopic (exact) mass is 515 g/mol. The third kappa shape index (κ3) is 4.82. The summed E-state index contributed by atoms with van der Waals surface area (Å²) in [5.74, 6) is 1.50. The van der Waals surface area contributed by atoms with Gasteiger partial charge in [0, 0.05) is 17.5 Å². The Labute approximate surface area is 221 Å². The highest BCUT2D eigenvalue weighted by molar-refractivity contribution is 5.94. The SMILES string of the molecule is CC(C)(C)c1noc(C(=O)NC2CCCCc3cc(-c4ccnc(NC(=O)C5[C@H]6COC[C@H]56)c4)ccc32)n1. The molecule has 3 aromatic rings. The summed E-state index contributed by atoms with van der Waals surface area (Å²) < 4.78 is 10.7. The van der Waals surface area contributed by atoms with E-state index in [-0.39, 0.29) is 35.1 Å². The van der Waals surface area contributed by atoms with Gasteiger partial charge in [0.05, 0.1) is 19.3 Å². The quantitative estimate of drug-likeness (QED) is 0.482. The van der Waals surface area contributed by atoms with Gasteiger partial charge in [-0.05, 0) is 65.5 Å². The maximum Gasteiger partial charge on any atom is 0.315 e. The molecular formula is C29H33N5O4. The number of aryl methyl sites for hydroxylation is 1. The van der Waals surface area contributed by atoms with Crippen molar-refractivity contribution in [1.82, 2.24) is 20.4 Å². The number of benzene rings is 1. The molecule has 1 unspecified atom stereocenters. The Morgan fingerprint density at radius 3 is 2.58 bits per heavy atom. The van der Waals surface area contributed by atoms with E-state index in [0.29, 0.717) is 36.7 Å². The summed E-state index contributed by atoms with van der Waals surface area (Å²) in [6.07, 6.45) is 5.56. The number of carbonyl (C=O) groups excluding carboxylic acids is 2. The van der Waals surface area contributed by atoms with Gasteiger partial charge in [-0.15, -0.1) is 0 Å². The lowest BCUT2D eigenvalue weighted by Crippen LogP contribution is -2.29. The number of fused-ring (bicyclic) bond motifs is 2. The molecule has 38 heavy (non-hydrogen) atoms. The van der Waals surface area contributed by atoms with Gasteiger partial charge >= 0.3 is 11.8 Å². The van der Waals surface area contributed by atoms with Crippen molar-refractivity contribution in [2.24, 2.45) is 17.8 Å². The van der Waals surface area contributed by atoms with Gasteiger partial charge in [-0.3, -0.25) is 9.59 Å². The predicted molar refractivity (Wildman–Crippen MR) is 140 cm³/mol. The Bertz CT molecular complexity index is 1370. The number of ether oxygens (including phenoxy) is 1. The maximum absolute atomic E-state index is 12.9. The summed E-state index contributed by atoms with van der Waals surface area (Å²) in [6, 6.07) is 10.1. The van der Waals surface area contributed by atoms with Crippen molar-refractivity contribution in [3.8, 4) is 11.1 Å². The van der Waals surface area contributed by atoms with Crippen molar-refractivity contribution in [2.45, 2.75) is 57.9 Å². The normalized spacial score (nSPS) is 24.2. The molecule has 2 aliphatic carbocycles. The lowest BCUT2D eigenvalue weighted by Gasteiger charge is -2.19. The van der Waals surface area contributed by atoms with Crippen molar-refractivity contribution < 1.29 is 18.8 Å². The van der Waals surface area contributed by atoms with E-state index in [0.717, 1.165) is 42.4 Å². The number of hydrogen-bond acceptors (Lipinski definition) is 7. The van der Waals surface area contributed by atoms with Crippen LogP contribution in [0, 0.1) is 17.8 Å². The predicted octanol–water partition coefficient (Wildman–Crippen LogP) is 4.46.